The van der Waals surface area contributed by atoms with Crippen molar-refractivity contribution in [2.45, 2.75) is 6.42 Å². The second-order valence-corrected chi connectivity index (χ2v) is 4.60. The van der Waals surface area contributed by atoms with Gasteiger partial charge in [0.1, 0.15) is 5.82 Å². The Bertz CT molecular complexity index is 612. The molecule has 0 aliphatic heterocycles. The van der Waals surface area contributed by atoms with E-state index in [1.807, 2.05) is 12.1 Å². The SMILES string of the molecule is N#CCc1ccc(-c2cc(Cl)cc(Cl)c2)c(N)n1. The molecule has 2 aromatic rings. The van der Waals surface area contributed by atoms with Gasteiger partial charge in [0.25, 0.3) is 0 Å². The maximum atomic E-state index is 8.60. The van der Waals surface area contributed by atoms with Crippen LogP contribution in [0.15, 0.2) is 30.3 Å². The molecule has 0 fully saturated rings. The van der Waals surface area contributed by atoms with E-state index < -0.39 is 0 Å². The van der Waals surface area contributed by atoms with Crippen molar-refractivity contribution < 1.29 is 0 Å². The molecule has 0 aliphatic carbocycles. The maximum Gasteiger partial charge on any atom is 0.131 e. The molecule has 2 rings (SSSR count). The number of hydrogen-bond acceptors (Lipinski definition) is 3. The first-order valence-electron chi connectivity index (χ1n) is 5.19. The molecule has 0 amide bonds. The van der Waals surface area contributed by atoms with Crippen LogP contribution < -0.4 is 5.73 Å². The summed E-state index contributed by atoms with van der Waals surface area (Å²) in [7, 11) is 0. The number of nitrogens with two attached hydrogens (primary N) is 1. The van der Waals surface area contributed by atoms with E-state index in [0.717, 1.165) is 11.1 Å². The van der Waals surface area contributed by atoms with E-state index in [1.165, 1.54) is 0 Å². The van der Waals surface area contributed by atoms with Crippen LogP contribution in [0.1, 0.15) is 5.69 Å². The van der Waals surface area contributed by atoms with Crippen molar-refractivity contribution in [1.29, 1.82) is 5.26 Å². The molecule has 0 spiro atoms. The number of anilines is 1. The lowest BCUT2D eigenvalue weighted by Gasteiger charge is -2.07. The average molecular weight is 278 g/mol. The number of pyridine rings is 1. The van der Waals surface area contributed by atoms with Gasteiger partial charge >= 0.3 is 0 Å². The highest BCUT2D eigenvalue weighted by Gasteiger charge is 2.07. The lowest BCUT2D eigenvalue weighted by atomic mass is 10.1. The number of hydrogen-bond donors (Lipinski definition) is 1. The highest BCUT2D eigenvalue weighted by atomic mass is 35.5. The second-order valence-electron chi connectivity index (χ2n) is 3.73. The highest BCUT2D eigenvalue weighted by molar-refractivity contribution is 6.35. The minimum absolute atomic E-state index is 0.237. The lowest BCUT2D eigenvalue weighted by molar-refractivity contribution is 1.12. The Morgan fingerprint density at radius 3 is 2.39 bits per heavy atom. The molecule has 90 valence electrons. The van der Waals surface area contributed by atoms with Crippen molar-refractivity contribution in [1.82, 2.24) is 4.98 Å². The molecule has 0 atom stereocenters. The predicted molar refractivity (Wildman–Crippen MR) is 73.4 cm³/mol. The zero-order valence-corrected chi connectivity index (χ0v) is 10.8. The van der Waals surface area contributed by atoms with Crippen LogP contribution in [0.2, 0.25) is 10.0 Å². The Morgan fingerprint density at radius 1 is 1.17 bits per heavy atom. The van der Waals surface area contributed by atoms with E-state index in [0.29, 0.717) is 21.6 Å². The van der Waals surface area contributed by atoms with Crippen LogP contribution in [0.5, 0.6) is 0 Å². The van der Waals surface area contributed by atoms with Gasteiger partial charge in [0.05, 0.1) is 18.2 Å². The summed E-state index contributed by atoms with van der Waals surface area (Å²) >= 11 is 11.9. The number of halogens is 2. The van der Waals surface area contributed by atoms with Gasteiger partial charge in [-0.15, -0.1) is 0 Å². The number of nitriles is 1. The molecule has 1 aromatic heterocycles. The van der Waals surface area contributed by atoms with Gasteiger partial charge in [0.15, 0.2) is 0 Å². The Kier molecular flexibility index (Phi) is 3.71. The first-order valence-corrected chi connectivity index (χ1v) is 5.94. The first-order chi connectivity index (χ1) is 8.60. The van der Waals surface area contributed by atoms with E-state index in [2.05, 4.69) is 4.98 Å². The van der Waals surface area contributed by atoms with Crippen LogP contribution in [-0.4, -0.2) is 4.98 Å². The van der Waals surface area contributed by atoms with E-state index in [1.54, 1.807) is 24.3 Å². The fraction of sp³-hybridized carbons (Fsp3) is 0.0769. The molecule has 5 heteroatoms. The molecule has 0 unspecified atom stereocenters. The van der Waals surface area contributed by atoms with Gasteiger partial charge in [0, 0.05) is 15.6 Å². The van der Waals surface area contributed by atoms with Gasteiger partial charge in [0.2, 0.25) is 0 Å². The highest BCUT2D eigenvalue weighted by Crippen LogP contribution is 2.30. The number of nitrogens with zero attached hydrogens (tertiary/aromatic N) is 2. The van der Waals surface area contributed by atoms with Crippen LogP contribution in [0.3, 0.4) is 0 Å². The zero-order chi connectivity index (χ0) is 13.1. The molecule has 0 radical (unpaired) electrons. The smallest absolute Gasteiger partial charge is 0.131 e. The Hall–Kier alpha value is -1.76. The number of rotatable bonds is 2. The van der Waals surface area contributed by atoms with Crippen molar-refractivity contribution in [2.75, 3.05) is 5.73 Å². The van der Waals surface area contributed by atoms with Gasteiger partial charge in [-0.2, -0.15) is 5.26 Å². The summed E-state index contributed by atoms with van der Waals surface area (Å²) in [6, 6.07) is 10.8. The van der Waals surface area contributed by atoms with Crippen LogP contribution in [0, 0.1) is 11.3 Å². The fourth-order valence-corrected chi connectivity index (χ4v) is 2.18. The van der Waals surface area contributed by atoms with E-state index in [-0.39, 0.29) is 6.42 Å². The zero-order valence-electron chi connectivity index (χ0n) is 9.32. The van der Waals surface area contributed by atoms with Crippen LogP contribution in [0.4, 0.5) is 5.82 Å². The predicted octanol–water partition coefficient (Wildman–Crippen LogP) is 3.70. The topological polar surface area (TPSA) is 62.7 Å². The number of nitrogen functional groups attached to an aromatic ring is 1. The van der Waals surface area contributed by atoms with Gasteiger partial charge in [-0.3, -0.25) is 0 Å². The summed E-state index contributed by atoms with van der Waals surface area (Å²) in [5.74, 6) is 0.362. The van der Waals surface area contributed by atoms with Crippen molar-refractivity contribution in [2.24, 2.45) is 0 Å². The second kappa shape index (κ2) is 5.26. The molecule has 0 aliphatic rings. The lowest BCUT2D eigenvalue weighted by Crippen LogP contribution is -1.98. The van der Waals surface area contributed by atoms with Crippen molar-refractivity contribution in [3.05, 3.63) is 46.1 Å². The summed E-state index contributed by atoms with van der Waals surface area (Å²) in [5.41, 5.74) is 8.08. The standard InChI is InChI=1S/C13H9Cl2N3/c14-9-5-8(6-10(15)7-9)12-2-1-11(3-4-16)18-13(12)17/h1-2,5-7H,3H2,(H2,17,18). The molecular formula is C13H9Cl2N3. The minimum Gasteiger partial charge on any atom is -0.383 e. The Balaban J connectivity index is 2.48. The maximum absolute atomic E-state index is 8.60. The van der Waals surface area contributed by atoms with Crippen molar-refractivity contribution in [3.8, 4) is 17.2 Å². The molecule has 1 heterocycles. The quantitative estimate of drug-likeness (QED) is 0.910. The molecule has 2 N–H and O–H groups in total. The largest absolute Gasteiger partial charge is 0.383 e. The summed E-state index contributed by atoms with van der Waals surface area (Å²) in [6.45, 7) is 0. The molecule has 3 nitrogen and oxygen atoms in total. The summed E-state index contributed by atoms with van der Waals surface area (Å²) in [5, 5.41) is 9.68. The van der Waals surface area contributed by atoms with E-state index in [4.69, 9.17) is 34.2 Å². The Morgan fingerprint density at radius 2 is 1.83 bits per heavy atom. The summed E-state index contributed by atoms with van der Waals surface area (Å²) < 4.78 is 0. The Labute approximate surface area is 115 Å². The van der Waals surface area contributed by atoms with E-state index in [9.17, 15) is 0 Å². The average Bonchev–Trinajstić information content (AvgIpc) is 2.28. The number of aromatic nitrogens is 1. The number of benzene rings is 1. The van der Waals surface area contributed by atoms with Crippen molar-refractivity contribution in [3.63, 3.8) is 0 Å². The molecule has 0 saturated heterocycles. The van der Waals surface area contributed by atoms with Crippen LogP contribution in [-0.2, 0) is 6.42 Å². The molecule has 0 saturated carbocycles. The first kappa shape index (κ1) is 12.7. The van der Waals surface area contributed by atoms with Crippen molar-refractivity contribution >= 4 is 29.0 Å². The van der Waals surface area contributed by atoms with Gasteiger partial charge in [-0.05, 0) is 35.9 Å². The fourth-order valence-electron chi connectivity index (χ4n) is 1.65. The summed E-state index contributed by atoms with van der Waals surface area (Å²) in [4.78, 5) is 4.17. The van der Waals surface area contributed by atoms with Crippen LogP contribution in [0.25, 0.3) is 11.1 Å². The normalized spacial score (nSPS) is 10.1. The van der Waals surface area contributed by atoms with Gasteiger partial charge < -0.3 is 5.73 Å². The molecular weight excluding hydrogens is 269 g/mol. The van der Waals surface area contributed by atoms with Gasteiger partial charge in [-0.1, -0.05) is 23.2 Å². The van der Waals surface area contributed by atoms with Crippen LogP contribution >= 0.6 is 23.2 Å². The van der Waals surface area contributed by atoms with E-state index >= 15 is 0 Å². The summed E-state index contributed by atoms with van der Waals surface area (Å²) in [6.07, 6.45) is 0.237. The van der Waals surface area contributed by atoms with Gasteiger partial charge in [-0.25, -0.2) is 4.98 Å². The third-order valence-electron chi connectivity index (χ3n) is 2.42. The third-order valence-corrected chi connectivity index (χ3v) is 2.85. The molecule has 0 bridgehead atoms. The third kappa shape index (κ3) is 2.73. The molecule has 1 aromatic carbocycles. The molecule has 18 heavy (non-hydrogen) atoms. The monoisotopic (exact) mass is 277 g/mol. The minimum atomic E-state index is 0.237.